The number of hydrogen-bond acceptors (Lipinski definition) is 3. The molecule has 0 unspecified atom stereocenters. The monoisotopic (exact) mass is 635 g/mol. The first-order valence-electron chi connectivity index (χ1n) is 16.7. The zero-order valence-electron chi connectivity index (χ0n) is 27.1. The predicted molar refractivity (Wildman–Crippen MR) is 206 cm³/mol. The molecular weight excluding hydrogens is 607 g/mol. The second-order valence-corrected chi connectivity index (χ2v) is 12.5. The third kappa shape index (κ3) is 5.17. The van der Waals surface area contributed by atoms with Crippen LogP contribution in [0.15, 0.2) is 176 Å². The van der Waals surface area contributed by atoms with Crippen LogP contribution in [0.25, 0.3) is 88.5 Å². The van der Waals surface area contributed by atoms with E-state index in [0.717, 1.165) is 44.8 Å². The number of rotatable bonds is 5. The van der Waals surface area contributed by atoms with Gasteiger partial charge in [0.2, 0.25) is 0 Å². The van der Waals surface area contributed by atoms with E-state index in [2.05, 4.69) is 115 Å². The van der Waals surface area contributed by atoms with Crippen LogP contribution in [0.4, 0.5) is 0 Å². The molecule has 0 aliphatic rings. The molecule has 232 valence electrons. The Kier molecular flexibility index (Phi) is 7.19. The molecule has 0 spiro atoms. The van der Waals surface area contributed by atoms with Crippen molar-refractivity contribution in [1.29, 1.82) is 5.26 Å². The van der Waals surface area contributed by atoms with Crippen molar-refractivity contribution in [2.45, 2.75) is 0 Å². The van der Waals surface area contributed by atoms with Crippen LogP contribution in [0.2, 0.25) is 0 Å². The van der Waals surface area contributed by atoms with Crippen LogP contribution in [0.5, 0.6) is 0 Å². The van der Waals surface area contributed by atoms with Crippen LogP contribution in [0, 0.1) is 11.3 Å². The van der Waals surface area contributed by atoms with Crippen molar-refractivity contribution in [1.82, 2.24) is 9.97 Å². The maximum Gasteiger partial charge on any atom is 0.160 e. The molecule has 0 N–H and O–H groups in total. The SMILES string of the molecule is N#Cc1ccc(-c2ccccc2-c2cc(-c3ccc(-c4c5ccccc5cc5c4ccc4ccccc45)cc3)nc(-c3ccccc3)n2)cc1. The number of hydrogen-bond donors (Lipinski definition) is 0. The van der Waals surface area contributed by atoms with E-state index in [0.29, 0.717) is 11.4 Å². The summed E-state index contributed by atoms with van der Waals surface area (Å²) < 4.78 is 0. The first-order chi connectivity index (χ1) is 24.7. The zero-order chi connectivity index (χ0) is 33.4. The minimum Gasteiger partial charge on any atom is -0.228 e. The van der Waals surface area contributed by atoms with E-state index in [1.165, 1.54) is 37.9 Å². The van der Waals surface area contributed by atoms with Gasteiger partial charge in [-0.2, -0.15) is 5.26 Å². The molecule has 9 rings (SSSR count). The molecule has 0 aliphatic heterocycles. The molecule has 0 amide bonds. The predicted octanol–water partition coefficient (Wildman–Crippen LogP) is 12.1. The summed E-state index contributed by atoms with van der Waals surface area (Å²) in [6.45, 7) is 0. The van der Waals surface area contributed by atoms with Gasteiger partial charge >= 0.3 is 0 Å². The van der Waals surface area contributed by atoms with E-state index in [4.69, 9.17) is 9.97 Å². The van der Waals surface area contributed by atoms with Crippen molar-refractivity contribution in [3.05, 3.63) is 181 Å². The number of aromatic nitrogens is 2. The number of nitriles is 1. The Bertz CT molecular complexity index is 2740. The van der Waals surface area contributed by atoms with E-state index in [1.54, 1.807) is 0 Å². The lowest BCUT2D eigenvalue weighted by Gasteiger charge is -2.15. The second-order valence-electron chi connectivity index (χ2n) is 12.5. The van der Waals surface area contributed by atoms with Crippen LogP contribution >= 0.6 is 0 Å². The van der Waals surface area contributed by atoms with Crippen molar-refractivity contribution in [2.24, 2.45) is 0 Å². The average molecular weight is 636 g/mol. The fraction of sp³-hybridized carbons (Fsp3) is 0. The van der Waals surface area contributed by atoms with Gasteiger partial charge in [0, 0.05) is 16.7 Å². The summed E-state index contributed by atoms with van der Waals surface area (Å²) >= 11 is 0. The van der Waals surface area contributed by atoms with Gasteiger partial charge in [-0.3, -0.25) is 0 Å². The molecule has 0 saturated carbocycles. The molecule has 0 fully saturated rings. The molecule has 50 heavy (non-hydrogen) atoms. The van der Waals surface area contributed by atoms with E-state index >= 15 is 0 Å². The Morgan fingerprint density at radius 1 is 0.380 bits per heavy atom. The summed E-state index contributed by atoms with van der Waals surface area (Å²) in [5.41, 5.74) is 9.77. The van der Waals surface area contributed by atoms with Crippen LogP contribution < -0.4 is 0 Å². The van der Waals surface area contributed by atoms with Crippen molar-refractivity contribution in [3.8, 4) is 62.2 Å². The molecule has 0 radical (unpaired) electrons. The minimum atomic E-state index is 0.634. The lowest BCUT2D eigenvalue weighted by molar-refractivity contribution is 1.18. The van der Waals surface area contributed by atoms with Crippen molar-refractivity contribution in [2.75, 3.05) is 0 Å². The highest BCUT2D eigenvalue weighted by molar-refractivity contribution is 6.20. The summed E-state index contributed by atoms with van der Waals surface area (Å²) in [5.74, 6) is 0.670. The van der Waals surface area contributed by atoms with Crippen molar-refractivity contribution >= 4 is 32.3 Å². The number of fused-ring (bicyclic) bond motifs is 4. The van der Waals surface area contributed by atoms with Gasteiger partial charge in [0.15, 0.2) is 5.82 Å². The van der Waals surface area contributed by atoms with Gasteiger partial charge in [-0.05, 0) is 78.8 Å². The van der Waals surface area contributed by atoms with Crippen molar-refractivity contribution in [3.63, 3.8) is 0 Å². The lowest BCUT2D eigenvalue weighted by Crippen LogP contribution is -1.97. The fourth-order valence-corrected chi connectivity index (χ4v) is 7.07. The molecule has 1 aromatic heterocycles. The molecular formula is C47H29N3. The highest BCUT2D eigenvalue weighted by Crippen LogP contribution is 2.40. The fourth-order valence-electron chi connectivity index (χ4n) is 7.07. The summed E-state index contributed by atoms with van der Waals surface area (Å²) in [7, 11) is 0. The third-order valence-electron chi connectivity index (χ3n) is 9.53. The summed E-state index contributed by atoms with van der Waals surface area (Å²) in [6.07, 6.45) is 0. The second kappa shape index (κ2) is 12.3. The highest BCUT2D eigenvalue weighted by Gasteiger charge is 2.16. The van der Waals surface area contributed by atoms with Gasteiger partial charge in [0.25, 0.3) is 0 Å². The number of benzene rings is 8. The van der Waals surface area contributed by atoms with E-state index in [-0.39, 0.29) is 0 Å². The zero-order valence-corrected chi connectivity index (χ0v) is 27.1. The molecule has 1 heterocycles. The summed E-state index contributed by atoms with van der Waals surface area (Å²) in [6, 6.07) is 63.3. The standard InChI is InChI=1S/C47H29N3/c48-30-31-18-20-33(21-19-31)38-14-8-9-17-41(38)45-29-44(49-47(50-45)36-11-2-1-3-12-36)34-22-24-35(25-23-34)46-40-16-7-5-13-37(40)28-43-39-15-6-4-10-32(39)26-27-42(43)46/h1-29H. The Balaban J connectivity index is 1.20. The largest absolute Gasteiger partial charge is 0.228 e. The first kappa shape index (κ1) is 29.3. The van der Waals surface area contributed by atoms with Gasteiger partial charge in [-0.15, -0.1) is 0 Å². The molecule has 9 aromatic rings. The van der Waals surface area contributed by atoms with Crippen LogP contribution in [0.3, 0.4) is 0 Å². The van der Waals surface area contributed by atoms with Gasteiger partial charge in [0.1, 0.15) is 0 Å². The smallest absolute Gasteiger partial charge is 0.160 e. The molecule has 0 atom stereocenters. The van der Waals surface area contributed by atoms with Gasteiger partial charge in [-0.1, -0.05) is 152 Å². The van der Waals surface area contributed by atoms with Gasteiger partial charge in [0.05, 0.1) is 23.0 Å². The number of nitrogens with zero attached hydrogens (tertiary/aromatic N) is 3. The molecule has 8 aromatic carbocycles. The first-order valence-corrected chi connectivity index (χ1v) is 16.7. The summed E-state index contributed by atoms with van der Waals surface area (Å²) in [4.78, 5) is 10.2. The Labute approximate surface area is 290 Å². The molecule has 0 bridgehead atoms. The maximum absolute atomic E-state index is 9.36. The Morgan fingerprint density at radius 2 is 1.00 bits per heavy atom. The van der Waals surface area contributed by atoms with Crippen molar-refractivity contribution < 1.29 is 0 Å². The Hall–Kier alpha value is -6.89. The minimum absolute atomic E-state index is 0.634. The molecule has 3 heteroatoms. The molecule has 0 aliphatic carbocycles. The normalized spacial score (nSPS) is 11.2. The Morgan fingerprint density at radius 3 is 1.78 bits per heavy atom. The molecule has 3 nitrogen and oxygen atoms in total. The van der Waals surface area contributed by atoms with Gasteiger partial charge < -0.3 is 0 Å². The van der Waals surface area contributed by atoms with Gasteiger partial charge in [-0.25, -0.2) is 9.97 Å². The average Bonchev–Trinajstić information content (AvgIpc) is 3.20. The van der Waals surface area contributed by atoms with Crippen LogP contribution in [-0.2, 0) is 0 Å². The maximum atomic E-state index is 9.36. The van der Waals surface area contributed by atoms with Crippen LogP contribution in [0.1, 0.15) is 5.56 Å². The third-order valence-corrected chi connectivity index (χ3v) is 9.53. The van der Waals surface area contributed by atoms with E-state index in [1.807, 2.05) is 66.7 Å². The van der Waals surface area contributed by atoms with E-state index < -0.39 is 0 Å². The summed E-state index contributed by atoms with van der Waals surface area (Å²) in [5, 5.41) is 16.8. The highest BCUT2D eigenvalue weighted by atomic mass is 14.9. The molecule has 0 saturated heterocycles. The van der Waals surface area contributed by atoms with Crippen LogP contribution in [-0.4, -0.2) is 9.97 Å². The lowest BCUT2D eigenvalue weighted by atomic mass is 9.89. The topological polar surface area (TPSA) is 49.6 Å². The quantitative estimate of drug-likeness (QED) is 0.140. The van der Waals surface area contributed by atoms with E-state index in [9.17, 15) is 5.26 Å².